The average Bonchev–Trinajstić information content (AvgIpc) is 2.43. The number of hydrogen-bond donors (Lipinski definition) is 2. The van der Waals surface area contributed by atoms with Crippen molar-refractivity contribution in [3.8, 4) is 0 Å². The third-order valence-electron chi connectivity index (χ3n) is 4.71. The number of rotatable bonds is 7. The van der Waals surface area contributed by atoms with Crippen LogP contribution in [-0.2, 0) is 0 Å². The molecule has 1 heterocycles. The maximum Gasteiger partial charge on any atom is 0.0123 e. The molecular formula is C15H31N3. The largest absolute Gasteiger partial charge is 0.330 e. The minimum Gasteiger partial charge on any atom is -0.330 e. The summed E-state index contributed by atoms with van der Waals surface area (Å²) in [4.78, 5) is 2.79. The van der Waals surface area contributed by atoms with Crippen LogP contribution in [0.15, 0.2) is 0 Å². The van der Waals surface area contributed by atoms with Crippen molar-refractivity contribution < 1.29 is 0 Å². The molecule has 18 heavy (non-hydrogen) atoms. The molecule has 2 fully saturated rings. The summed E-state index contributed by atoms with van der Waals surface area (Å²) in [6.45, 7) is 5.71. The molecular weight excluding hydrogens is 222 g/mol. The first-order valence-corrected chi connectivity index (χ1v) is 8.06. The first kappa shape index (κ1) is 14.3. The Morgan fingerprint density at radius 3 is 2.67 bits per heavy atom. The highest BCUT2D eigenvalue weighted by Crippen LogP contribution is 2.35. The summed E-state index contributed by atoms with van der Waals surface area (Å²) in [5.74, 6) is 1.03. The molecule has 0 aromatic rings. The standard InChI is InChI=1S/C15H31N3/c16-9-4-10-17-11-5-13-18-12-3-7-14-6-1-2-8-15(14)18/h14-15,17H,1-13,16H2. The van der Waals surface area contributed by atoms with E-state index in [1.807, 2.05) is 0 Å². The molecule has 3 N–H and O–H groups in total. The van der Waals surface area contributed by atoms with E-state index in [-0.39, 0.29) is 0 Å². The molecule has 3 nitrogen and oxygen atoms in total. The van der Waals surface area contributed by atoms with Crippen LogP contribution in [0, 0.1) is 5.92 Å². The lowest BCUT2D eigenvalue weighted by molar-refractivity contribution is 0.0602. The quantitative estimate of drug-likeness (QED) is 0.682. The predicted octanol–water partition coefficient (Wildman–Crippen LogP) is 1.97. The van der Waals surface area contributed by atoms with Crippen LogP contribution in [-0.4, -0.2) is 43.7 Å². The Kier molecular flexibility index (Phi) is 6.46. The number of piperidine rings is 1. The molecule has 0 bridgehead atoms. The highest BCUT2D eigenvalue weighted by molar-refractivity contribution is 4.87. The van der Waals surface area contributed by atoms with Crippen LogP contribution in [0.2, 0.25) is 0 Å². The molecule has 0 aromatic heterocycles. The summed E-state index contributed by atoms with van der Waals surface area (Å²) >= 11 is 0. The summed E-state index contributed by atoms with van der Waals surface area (Å²) in [5, 5.41) is 3.49. The van der Waals surface area contributed by atoms with Crippen LogP contribution in [0.3, 0.4) is 0 Å². The van der Waals surface area contributed by atoms with E-state index in [0.717, 1.165) is 38.0 Å². The van der Waals surface area contributed by atoms with E-state index in [0.29, 0.717) is 0 Å². The summed E-state index contributed by atoms with van der Waals surface area (Å²) in [6.07, 6.45) is 11.2. The normalized spacial score (nSPS) is 29.2. The Morgan fingerprint density at radius 2 is 1.78 bits per heavy atom. The van der Waals surface area contributed by atoms with Crippen LogP contribution >= 0.6 is 0 Å². The highest BCUT2D eigenvalue weighted by Gasteiger charge is 2.32. The Hall–Kier alpha value is -0.120. The van der Waals surface area contributed by atoms with E-state index in [1.165, 1.54) is 58.0 Å². The van der Waals surface area contributed by atoms with Gasteiger partial charge in [0.05, 0.1) is 0 Å². The van der Waals surface area contributed by atoms with E-state index >= 15 is 0 Å². The van der Waals surface area contributed by atoms with E-state index in [2.05, 4.69) is 10.2 Å². The highest BCUT2D eigenvalue weighted by atomic mass is 15.2. The van der Waals surface area contributed by atoms with E-state index < -0.39 is 0 Å². The van der Waals surface area contributed by atoms with Gasteiger partial charge in [0.1, 0.15) is 0 Å². The van der Waals surface area contributed by atoms with Crippen LogP contribution in [0.4, 0.5) is 0 Å². The second-order valence-corrected chi connectivity index (χ2v) is 6.04. The van der Waals surface area contributed by atoms with Gasteiger partial charge < -0.3 is 16.0 Å². The van der Waals surface area contributed by atoms with Gasteiger partial charge in [0.2, 0.25) is 0 Å². The number of hydrogen-bond acceptors (Lipinski definition) is 3. The van der Waals surface area contributed by atoms with Gasteiger partial charge >= 0.3 is 0 Å². The molecule has 106 valence electrons. The molecule has 1 saturated carbocycles. The van der Waals surface area contributed by atoms with E-state index in [9.17, 15) is 0 Å². The fraction of sp³-hybridized carbons (Fsp3) is 1.00. The van der Waals surface area contributed by atoms with E-state index in [4.69, 9.17) is 5.73 Å². The van der Waals surface area contributed by atoms with Crippen molar-refractivity contribution in [2.75, 3.05) is 32.7 Å². The van der Waals surface area contributed by atoms with Gasteiger partial charge in [0.25, 0.3) is 0 Å². The van der Waals surface area contributed by atoms with Crippen molar-refractivity contribution in [1.82, 2.24) is 10.2 Å². The molecule has 3 heteroatoms. The van der Waals surface area contributed by atoms with Gasteiger partial charge in [-0.1, -0.05) is 12.8 Å². The van der Waals surface area contributed by atoms with Gasteiger partial charge in [-0.05, 0) is 77.2 Å². The van der Waals surface area contributed by atoms with Crippen molar-refractivity contribution in [3.63, 3.8) is 0 Å². The molecule has 2 atom stereocenters. The molecule has 0 aromatic carbocycles. The van der Waals surface area contributed by atoms with E-state index in [1.54, 1.807) is 0 Å². The van der Waals surface area contributed by atoms with Gasteiger partial charge in [0, 0.05) is 6.04 Å². The number of likely N-dealkylation sites (tertiary alicyclic amines) is 1. The fourth-order valence-corrected chi connectivity index (χ4v) is 3.76. The Morgan fingerprint density at radius 1 is 1.00 bits per heavy atom. The first-order valence-electron chi connectivity index (χ1n) is 8.06. The van der Waals surface area contributed by atoms with Gasteiger partial charge in [-0.2, -0.15) is 0 Å². The van der Waals surface area contributed by atoms with Crippen LogP contribution in [0.1, 0.15) is 51.4 Å². The van der Waals surface area contributed by atoms with Crippen LogP contribution < -0.4 is 11.1 Å². The zero-order valence-electron chi connectivity index (χ0n) is 11.9. The lowest BCUT2D eigenvalue weighted by Gasteiger charge is -2.44. The molecule has 0 amide bonds. The Labute approximate surface area is 112 Å². The van der Waals surface area contributed by atoms with Crippen LogP contribution in [0.25, 0.3) is 0 Å². The lowest BCUT2D eigenvalue weighted by Crippen LogP contribution is -2.47. The molecule has 1 aliphatic heterocycles. The van der Waals surface area contributed by atoms with Gasteiger partial charge in [-0.3, -0.25) is 0 Å². The Balaban J connectivity index is 1.62. The van der Waals surface area contributed by atoms with Gasteiger partial charge in [-0.15, -0.1) is 0 Å². The van der Waals surface area contributed by atoms with Gasteiger partial charge in [-0.25, -0.2) is 0 Å². The summed E-state index contributed by atoms with van der Waals surface area (Å²) < 4.78 is 0. The Bertz CT molecular complexity index is 218. The summed E-state index contributed by atoms with van der Waals surface area (Å²) in [6, 6.07) is 0.927. The molecule has 2 aliphatic rings. The fourth-order valence-electron chi connectivity index (χ4n) is 3.76. The monoisotopic (exact) mass is 253 g/mol. The summed E-state index contributed by atoms with van der Waals surface area (Å²) in [5.41, 5.74) is 5.49. The molecule has 0 radical (unpaired) electrons. The first-order chi connectivity index (χ1) is 8.92. The molecule has 0 spiro atoms. The van der Waals surface area contributed by atoms with Crippen molar-refractivity contribution >= 4 is 0 Å². The smallest absolute Gasteiger partial charge is 0.0123 e. The second kappa shape index (κ2) is 8.13. The maximum absolute atomic E-state index is 5.49. The SMILES string of the molecule is NCCCNCCCN1CCCC2CCCCC21. The predicted molar refractivity (Wildman–Crippen MR) is 77.7 cm³/mol. The molecule has 2 rings (SSSR count). The third-order valence-corrected chi connectivity index (χ3v) is 4.71. The van der Waals surface area contributed by atoms with Crippen molar-refractivity contribution in [3.05, 3.63) is 0 Å². The minimum atomic E-state index is 0.808. The lowest BCUT2D eigenvalue weighted by atomic mass is 9.78. The second-order valence-electron chi connectivity index (χ2n) is 6.04. The minimum absolute atomic E-state index is 0.808. The van der Waals surface area contributed by atoms with Crippen molar-refractivity contribution in [1.29, 1.82) is 0 Å². The molecule has 1 saturated heterocycles. The summed E-state index contributed by atoms with van der Waals surface area (Å²) in [7, 11) is 0. The number of nitrogens with zero attached hydrogens (tertiary/aromatic N) is 1. The van der Waals surface area contributed by atoms with Gasteiger partial charge in [0.15, 0.2) is 0 Å². The number of fused-ring (bicyclic) bond motifs is 1. The zero-order chi connectivity index (χ0) is 12.6. The third kappa shape index (κ3) is 4.22. The topological polar surface area (TPSA) is 41.3 Å². The van der Waals surface area contributed by atoms with Crippen LogP contribution in [0.5, 0.6) is 0 Å². The average molecular weight is 253 g/mol. The maximum atomic E-state index is 5.49. The van der Waals surface area contributed by atoms with Crippen molar-refractivity contribution in [2.24, 2.45) is 11.7 Å². The number of nitrogens with two attached hydrogens (primary N) is 1. The number of nitrogens with one attached hydrogen (secondary N) is 1. The molecule has 1 aliphatic carbocycles. The van der Waals surface area contributed by atoms with Crippen molar-refractivity contribution in [2.45, 2.75) is 57.4 Å². The molecule has 2 unspecified atom stereocenters. The zero-order valence-corrected chi connectivity index (χ0v) is 11.9.